The summed E-state index contributed by atoms with van der Waals surface area (Å²) in [5, 5.41) is 17.0. The van der Waals surface area contributed by atoms with Crippen LogP contribution in [0.15, 0.2) is 55.0 Å². The quantitative estimate of drug-likeness (QED) is 0.243. The molecule has 9 heteroatoms. The van der Waals surface area contributed by atoms with Crippen LogP contribution in [-0.4, -0.2) is 45.3 Å². The molecule has 0 radical (unpaired) electrons. The molecule has 206 valence electrons. The maximum atomic E-state index is 13.8. The Bertz CT molecular complexity index is 1150. The van der Waals surface area contributed by atoms with Gasteiger partial charge in [-0.15, -0.1) is 0 Å². The number of hydrogen-bond donors (Lipinski definition) is 4. The van der Waals surface area contributed by atoms with E-state index in [2.05, 4.69) is 41.6 Å². The highest BCUT2D eigenvalue weighted by molar-refractivity contribution is 5.82. The first-order chi connectivity index (χ1) is 18.3. The van der Waals surface area contributed by atoms with Crippen LogP contribution in [0.5, 0.6) is 0 Å². The van der Waals surface area contributed by atoms with Crippen LogP contribution in [0.25, 0.3) is 0 Å². The first-order valence-electron chi connectivity index (χ1n) is 13.3. The Morgan fingerprint density at radius 3 is 2.53 bits per heavy atom. The molecule has 1 heterocycles. The van der Waals surface area contributed by atoms with E-state index in [4.69, 9.17) is 5.73 Å². The van der Waals surface area contributed by atoms with Gasteiger partial charge in [0.2, 0.25) is 5.91 Å². The monoisotopic (exact) mass is 527 g/mol. The van der Waals surface area contributed by atoms with E-state index in [9.17, 15) is 18.7 Å². The van der Waals surface area contributed by atoms with E-state index in [1.165, 1.54) is 17.7 Å². The summed E-state index contributed by atoms with van der Waals surface area (Å²) in [6.45, 7) is 5.67. The molecule has 0 fully saturated rings. The number of amides is 1. The van der Waals surface area contributed by atoms with E-state index in [0.29, 0.717) is 12.1 Å². The van der Waals surface area contributed by atoms with Crippen molar-refractivity contribution in [3.8, 4) is 0 Å². The minimum absolute atomic E-state index is 0.0374. The number of unbranched alkanes of at least 4 members (excludes halogenated alkanes) is 1. The Morgan fingerprint density at radius 2 is 1.82 bits per heavy atom. The number of rotatable bonds is 15. The van der Waals surface area contributed by atoms with Crippen molar-refractivity contribution in [3.05, 3.63) is 89.0 Å². The van der Waals surface area contributed by atoms with Crippen molar-refractivity contribution >= 4 is 5.91 Å². The third-order valence-electron chi connectivity index (χ3n) is 6.57. The van der Waals surface area contributed by atoms with Gasteiger partial charge in [-0.25, -0.2) is 13.8 Å². The van der Waals surface area contributed by atoms with Crippen LogP contribution in [0, 0.1) is 11.6 Å². The van der Waals surface area contributed by atoms with Gasteiger partial charge < -0.3 is 26.0 Å². The minimum atomic E-state index is -1.03. The van der Waals surface area contributed by atoms with Crippen molar-refractivity contribution in [2.75, 3.05) is 6.54 Å². The SMILES string of the molecule is CCCCn1cncc1C[C@@H](N)C(=O)N[C@H](Cc1cc(F)cc(F)c1)[C@@H](O)CNCc1cccc(CC)c1. The third kappa shape index (κ3) is 9.01. The molecule has 2 aromatic carbocycles. The van der Waals surface area contributed by atoms with Crippen molar-refractivity contribution in [2.45, 2.75) is 77.2 Å². The maximum absolute atomic E-state index is 13.8. The number of imidazole rings is 1. The number of aromatic nitrogens is 2. The molecule has 0 aliphatic carbocycles. The Hall–Kier alpha value is -3.14. The predicted molar refractivity (Wildman–Crippen MR) is 144 cm³/mol. The second kappa shape index (κ2) is 14.7. The summed E-state index contributed by atoms with van der Waals surface area (Å²) in [4.78, 5) is 17.2. The number of nitrogens with two attached hydrogens (primary N) is 1. The summed E-state index contributed by atoms with van der Waals surface area (Å²) in [6.07, 6.45) is 5.65. The summed E-state index contributed by atoms with van der Waals surface area (Å²) in [6, 6.07) is 9.64. The van der Waals surface area contributed by atoms with Gasteiger partial charge >= 0.3 is 0 Å². The molecule has 0 saturated heterocycles. The number of nitrogens with zero attached hydrogens (tertiary/aromatic N) is 2. The number of hydrogen-bond acceptors (Lipinski definition) is 5. The smallest absolute Gasteiger partial charge is 0.237 e. The summed E-state index contributed by atoms with van der Waals surface area (Å²) in [7, 11) is 0. The molecule has 0 aliphatic rings. The van der Waals surface area contributed by atoms with Crippen molar-refractivity contribution in [1.29, 1.82) is 0 Å². The lowest BCUT2D eigenvalue weighted by Crippen LogP contribution is -2.53. The summed E-state index contributed by atoms with van der Waals surface area (Å²) in [5.74, 6) is -1.89. The number of aliphatic hydroxyl groups excluding tert-OH is 1. The molecule has 0 bridgehead atoms. The topological polar surface area (TPSA) is 105 Å². The Kier molecular flexibility index (Phi) is 11.4. The zero-order valence-electron chi connectivity index (χ0n) is 22.2. The van der Waals surface area contributed by atoms with E-state index in [1.807, 2.05) is 16.7 Å². The van der Waals surface area contributed by atoms with Gasteiger partial charge in [0.1, 0.15) is 11.6 Å². The Balaban J connectivity index is 1.66. The zero-order chi connectivity index (χ0) is 27.5. The van der Waals surface area contributed by atoms with Crippen LogP contribution in [0.1, 0.15) is 49.1 Å². The number of benzene rings is 2. The molecule has 7 nitrogen and oxygen atoms in total. The van der Waals surface area contributed by atoms with E-state index in [1.54, 1.807) is 12.5 Å². The molecule has 1 aromatic heterocycles. The molecule has 3 atom stereocenters. The van der Waals surface area contributed by atoms with Gasteiger partial charge in [-0.1, -0.05) is 44.5 Å². The zero-order valence-corrected chi connectivity index (χ0v) is 22.2. The number of carbonyl (C=O) groups excluding carboxylic acids is 1. The summed E-state index contributed by atoms with van der Waals surface area (Å²) < 4.78 is 29.6. The maximum Gasteiger partial charge on any atom is 0.237 e. The summed E-state index contributed by atoms with van der Waals surface area (Å²) >= 11 is 0. The molecule has 3 aromatic rings. The largest absolute Gasteiger partial charge is 0.390 e. The van der Waals surface area contributed by atoms with Gasteiger partial charge in [0, 0.05) is 44.0 Å². The van der Waals surface area contributed by atoms with Gasteiger partial charge in [0.05, 0.1) is 24.5 Å². The second-order valence-corrected chi connectivity index (χ2v) is 9.71. The molecular weight excluding hydrogens is 488 g/mol. The number of aliphatic hydroxyl groups is 1. The number of halogens is 2. The van der Waals surface area contributed by atoms with Crippen LogP contribution in [-0.2, 0) is 37.1 Å². The number of carbonyl (C=O) groups is 1. The Morgan fingerprint density at radius 1 is 1.08 bits per heavy atom. The van der Waals surface area contributed by atoms with E-state index < -0.39 is 35.7 Å². The van der Waals surface area contributed by atoms with Crippen molar-refractivity contribution in [3.63, 3.8) is 0 Å². The second-order valence-electron chi connectivity index (χ2n) is 9.71. The van der Waals surface area contributed by atoms with Crippen LogP contribution < -0.4 is 16.4 Å². The minimum Gasteiger partial charge on any atom is -0.390 e. The average Bonchev–Trinajstić information content (AvgIpc) is 3.33. The molecule has 3 rings (SSSR count). The molecule has 0 aliphatic heterocycles. The van der Waals surface area contributed by atoms with Crippen LogP contribution in [0.2, 0.25) is 0 Å². The average molecular weight is 528 g/mol. The van der Waals surface area contributed by atoms with Gasteiger partial charge in [-0.2, -0.15) is 0 Å². The molecular formula is C29H39F2N5O2. The van der Waals surface area contributed by atoms with Crippen LogP contribution >= 0.6 is 0 Å². The van der Waals surface area contributed by atoms with Crippen LogP contribution in [0.4, 0.5) is 8.78 Å². The normalized spacial score (nSPS) is 13.7. The molecule has 0 unspecified atom stereocenters. The molecule has 0 saturated carbocycles. The fourth-order valence-corrected chi connectivity index (χ4v) is 4.39. The molecule has 0 spiro atoms. The van der Waals surface area contributed by atoms with Crippen molar-refractivity contribution < 1.29 is 18.7 Å². The lowest BCUT2D eigenvalue weighted by molar-refractivity contribution is -0.123. The van der Waals surface area contributed by atoms with Gasteiger partial charge in [-0.05, 0) is 48.1 Å². The van der Waals surface area contributed by atoms with E-state index in [-0.39, 0.29) is 19.4 Å². The summed E-state index contributed by atoms with van der Waals surface area (Å²) in [5.41, 5.74) is 9.70. The van der Waals surface area contributed by atoms with Gasteiger partial charge in [0.15, 0.2) is 0 Å². The molecule has 5 N–H and O–H groups in total. The first-order valence-corrected chi connectivity index (χ1v) is 13.3. The fraction of sp³-hybridized carbons (Fsp3) is 0.448. The highest BCUT2D eigenvalue weighted by Crippen LogP contribution is 2.13. The number of nitrogens with one attached hydrogen (secondary N) is 2. The van der Waals surface area contributed by atoms with Crippen molar-refractivity contribution in [1.82, 2.24) is 20.2 Å². The van der Waals surface area contributed by atoms with E-state index >= 15 is 0 Å². The lowest BCUT2D eigenvalue weighted by atomic mass is 9.99. The fourth-order valence-electron chi connectivity index (χ4n) is 4.39. The highest BCUT2D eigenvalue weighted by Gasteiger charge is 2.25. The Labute approximate surface area is 223 Å². The lowest BCUT2D eigenvalue weighted by Gasteiger charge is -2.26. The predicted octanol–water partition coefficient (Wildman–Crippen LogP) is 3.27. The third-order valence-corrected chi connectivity index (χ3v) is 6.57. The number of aryl methyl sites for hydroxylation is 2. The van der Waals surface area contributed by atoms with Gasteiger partial charge in [-0.3, -0.25) is 4.79 Å². The first kappa shape index (κ1) is 29.4. The van der Waals surface area contributed by atoms with Crippen LogP contribution in [0.3, 0.4) is 0 Å². The molecule has 38 heavy (non-hydrogen) atoms. The van der Waals surface area contributed by atoms with E-state index in [0.717, 1.165) is 43.1 Å². The molecule has 1 amide bonds. The van der Waals surface area contributed by atoms with Crippen molar-refractivity contribution in [2.24, 2.45) is 5.73 Å². The highest BCUT2D eigenvalue weighted by atomic mass is 19.1. The van der Waals surface area contributed by atoms with Gasteiger partial charge in [0.25, 0.3) is 0 Å². The standard InChI is InChI=1S/C29H39F2N5O2/c1-3-5-9-36-19-34-17-25(36)15-26(32)29(38)35-27(13-22-11-23(30)14-24(31)12-22)28(37)18-33-16-21-8-6-7-20(4-2)10-21/h6-8,10-12,14,17,19,26-28,33,37H,3-5,9,13,15-16,18,32H2,1-2H3,(H,35,38)/t26-,27-,28+/m1/s1.